The van der Waals surface area contributed by atoms with Crippen molar-refractivity contribution >= 4 is 23.2 Å². The minimum Gasteiger partial charge on any atom is -0.495 e. The molecule has 2 aromatic heterocycles. The summed E-state index contributed by atoms with van der Waals surface area (Å²) < 4.78 is 5.29. The van der Waals surface area contributed by atoms with Crippen molar-refractivity contribution in [3.05, 3.63) is 66.7 Å². The fourth-order valence-corrected chi connectivity index (χ4v) is 3.29. The number of carbonyl (C=O) groups is 1. The lowest BCUT2D eigenvalue weighted by Crippen LogP contribution is -2.47. The average Bonchev–Trinajstić information content (AvgIpc) is 2.80. The summed E-state index contributed by atoms with van der Waals surface area (Å²) in [5.74, 6) is 1.14. The van der Waals surface area contributed by atoms with Crippen LogP contribution in [0.5, 0.6) is 5.75 Å². The molecule has 0 saturated carbocycles. The Kier molecular flexibility index (Phi) is 5.51. The van der Waals surface area contributed by atoms with Crippen molar-refractivity contribution < 1.29 is 9.53 Å². The van der Waals surface area contributed by atoms with E-state index in [0.717, 1.165) is 37.8 Å². The minimum atomic E-state index is -0.222. The minimum absolute atomic E-state index is 0.222. The first-order valence-corrected chi connectivity index (χ1v) is 9.41. The number of amides is 1. The third-order valence-corrected chi connectivity index (χ3v) is 4.82. The number of para-hydroxylation sites is 2. The predicted octanol–water partition coefficient (Wildman–Crippen LogP) is 2.46. The number of nitrogens with one attached hydrogen (secondary N) is 1. The zero-order valence-electron chi connectivity index (χ0n) is 16.2. The number of methoxy groups -OCH3 is 1. The predicted molar refractivity (Wildman–Crippen MR) is 112 cm³/mol. The van der Waals surface area contributed by atoms with Crippen LogP contribution in [-0.4, -0.2) is 54.1 Å². The van der Waals surface area contributed by atoms with Crippen LogP contribution in [0, 0.1) is 0 Å². The normalized spacial score (nSPS) is 13.8. The topological polar surface area (TPSA) is 83.5 Å². The molecule has 0 radical (unpaired) electrons. The average molecular weight is 390 g/mol. The zero-order valence-corrected chi connectivity index (χ0v) is 16.2. The Labute approximate surface area is 169 Å². The number of benzene rings is 1. The van der Waals surface area contributed by atoms with E-state index in [1.807, 2.05) is 24.3 Å². The Hall–Kier alpha value is -3.68. The van der Waals surface area contributed by atoms with Gasteiger partial charge >= 0.3 is 0 Å². The summed E-state index contributed by atoms with van der Waals surface area (Å²) in [6.45, 7) is 3.22. The van der Waals surface area contributed by atoms with Crippen LogP contribution >= 0.6 is 0 Å². The molecule has 148 valence electrons. The number of carbonyl (C=O) groups excluding carboxylic acids is 1. The van der Waals surface area contributed by atoms with E-state index in [1.165, 1.54) is 0 Å². The van der Waals surface area contributed by atoms with Gasteiger partial charge in [-0.1, -0.05) is 12.1 Å². The molecule has 29 heavy (non-hydrogen) atoms. The summed E-state index contributed by atoms with van der Waals surface area (Å²) in [5.41, 5.74) is 2.05. The molecule has 0 aliphatic carbocycles. The van der Waals surface area contributed by atoms with Crippen LogP contribution in [0.2, 0.25) is 0 Å². The van der Waals surface area contributed by atoms with Gasteiger partial charge in [0.15, 0.2) is 0 Å². The number of ether oxygens (including phenoxy) is 1. The number of hydrogen-bond acceptors (Lipinski definition) is 7. The van der Waals surface area contributed by atoms with E-state index in [-0.39, 0.29) is 5.91 Å². The first kappa shape index (κ1) is 18.7. The van der Waals surface area contributed by atoms with Gasteiger partial charge in [0.2, 0.25) is 5.95 Å². The molecule has 0 atom stereocenters. The molecule has 3 aromatic rings. The third-order valence-electron chi connectivity index (χ3n) is 4.82. The van der Waals surface area contributed by atoms with Crippen molar-refractivity contribution in [2.24, 2.45) is 0 Å². The molecule has 8 nitrogen and oxygen atoms in total. The van der Waals surface area contributed by atoms with E-state index in [0.29, 0.717) is 17.0 Å². The molecule has 3 heterocycles. The molecule has 0 bridgehead atoms. The quantitative estimate of drug-likeness (QED) is 0.716. The maximum atomic E-state index is 12.7. The van der Waals surface area contributed by atoms with Gasteiger partial charge in [0.25, 0.3) is 5.91 Å². The van der Waals surface area contributed by atoms with Crippen LogP contribution in [-0.2, 0) is 0 Å². The molecule has 1 aliphatic heterocycles. The lowest BCUT2D eigenvalue weighted by molar-refractivity contribution is 0.102. The van der Waals surface area contributed by atoms with Crippen molar-refractivity contribution in [1.82, 2.24) is 15.0 Å². The van der Waals surface area contributed by atoms with Gasteiger partial charge in [0.05, 0.1) is 30.2 Å². The first-order chi connectivity index (χ1) is 14.2. The SMILES string of the molecule is COc1ccccc1NC(=O)c1cncc(N2CCN(c3ncccn3)CC2)c1. The first-order valence-electron chi connectivity index (χ1n) is 9.41. The highest BCUT2D eigenvalue weighted by atomic mass is 16.5. The Morgan fingerprint density at radius 2 is 1.72 bits per heavy atom. The number of pyridine rings is 1. The fourth-order valence-electron chi connectivity index (χ4n) is 3.29. The highest BCUT2D eigenvalue weighted by Crippen LogP contribution is 2.24. The molecule has 8 heteroatoms. The number of anilines is 3. The Balaban J connectivity index is 1.43. The van der Waals surface area contributed by atoms with Gasteiger partial charge in [-0.15, -0.1) is 0 Å². The molecular formula is C21H22N6O2. The Bertz CT molecular complexity index is 974. The maximum absolute atomic E-state index is 12.7. The molecule has 1 amide bonds. The van der Waals surface area contributed by atoms with Crippen LogP contribution in [0.3, 0.4) is 0 Å². The summed E-state index contributed by atoms with van der Waals surface area (Å²) in [6, 6.07) is 11.0. The highest BCUT2D eigenvalue weighted by Gasteiger charge is 2.20. The van der Waals surface area contributed by atoms with Crippen molar-refractivity contribution in [2.75, 3.05) is 48.4 Å². The van der Waals surface area contributed by atoms with E-state index < -0.39 is 0 Å². The van der Waals surface area contributed by atoms with E-state index in [9.17, 15) is 4.79 Å². The number of rotatable bonds is 5. The molecule has 4 rings (SSSR count). The summed E-state index contributed by atoms with van der Waals surface area (Å²) in [7, 11) is 1.58. The van der Waals surface area contributed by atoms with E-state index in [4.69, 9.17) is 4.74 Å². The lowest BCUT2D eigenvalue weighted by Gasteiger charge is -2.35. The lowest BCUT2D eigenvalue weighted by atomic mass is 10.2. The molecule has 1 aliphatic rings. The molecule has 1 fully saturated rings. The summed E-state index contributed by atoms with van der Waals surface area (Å²) in [5, 5.41) is 2.89. The summed E-state index contributed by atoms with van der Waals surface area (Å²) in [4.78, 5) is 30.0. The Morgan fingerprint density at radius 1 is 1.00 bits per heavy atom. The van der Waals surface area contributed by atoms with Gasteiger partial charge in [0.1, 0.15) is 5.75 Å². The van der Waals surface area contributed by atoms with Crippen molar-refractivity contribution in [3.8, 4) is 5.75 Å². The smallest absolute Gasteiger partial charge is 0.257 e. The van der Waals surface area contributed by atoms with Gasteiger partial charge in [0, 0.05) is 44.8 Å². The Morgan fingerprint density at radius 3 is 2.48 bits per heavy atom. The molecule has 0 unspecified atom stereocenters. The van der Waals surface area contributed by atoms with Crippen LogP contribution in [0.25, 0.3) is 0 Å². The number of piperazine rings is 1. The van der Waals surface area contributed by atoms with Gasteiger partial charge < -0.3 is 19.9 Å². The zero-order chi connectivity index (χ0) is 20.1. The van der Waals surface area contributed by atoms with E-state index in [2.05, 4.69) is 30.1 Å². The van der Waals surface area contributed by atoms with Gasteiger partial charge in [-0.25, -0.2) is 9.97 Å². The van der Waals surface area contributed by atoms with Gasteiger partial charge in [-0.2, -0.15) is 0 Å². The second kappa shape index (κ2) is 8.55. The highest BCUT2D eigenvalue weighted by molar-refractivity contribution is 6.05. The van der Waals surface area contributed by atoms with E-state index >= 15 is 0 Å². The van der Waals surface area contributed by atoms with Gasteiger partial charge in [-0.05, 0) is 24.3 Å². The largest absolute Gasteiger partial charge is 0.495 e. The second-order valence-corrected chi connectivity index (χ2v) is 6.61. The molecule has 1 saturated heterocycles. The fraction of sp³-hybridized carbons (Fsp3) is 0.238. The summed E-state index contributed by atoms with van der Waals surface area (Å²) in [6.07, 6.45) is 6.86. The number of nitrogens with zero attached hydrogens (tertiary/aromatic N) is 5. The van der Waals surface area contributed by atoms with Crippen LogP contribution in [0.1, 0.15) is 10.4 Å². The van der Waals surface area contributed by atoms with Gasteiger partial charge in [-0.3, -0.25) is 9.78 Å². The second-order valence-electron chi connectivity index (χ2n) is 6.61. The maximum Gasteiger partial charge on any atom is 0.257 e. The third kappa shape index (κ3) is 4.26. The van der Waals surface area contributed by atoms with Crippen molar-refractivity contribution in [3.63, 3.8) is 0 Å². The van der Waals surface area contributed by atoms with E-state index in [1.54, 1.807) is 44.0 Å². The standard InChI is InChI=1S/C21H22N6O2/c1-29-19-6-3-2-5-18(19)25-20(28)16-13-17(15-22-14-16)26-9-11-27(12-10-26)21-23-7-4-8-24-21/h2-8,13-15H,9-12H2,1H3,(H,25,28). The summed E-state index contributed by atoms with van der Waals surface area (Å²) >= 11 is 0. The monoisotopic (exact) mass is 390 g/mol. The van der Waals surface area contributed by atoms with Crippen LogP contribution in [0.15, 0.2) is 61.2 Å². The molecule has 0 spiro atoms. The van der Waals surface area contributed by atoms with Crippen molar-refractivity contribution in [2.45, 2.75) is 0 Å². The molecule has 1 N–H and O–H groups in total. The van der Waals surface area contributed by atoms with Crippen molar-refractivity contribution in [1.29, 1.82) is 0 Å². The molecular weight excluding hydrogens is 368 g/mol. The number of aromatic nitrogens is 3. The van der Waals surface area contributed by atoms with Crippen LogP contribution < -0.4 is 19.9 Å². The van der Waals surface area contributed by atoms with Crippen LogP contribution in [0.4, 0.5) is 17.3 Å². The molecule has 1 aromatic carbocycles. The number of hydrogen-bond donors (Lipinski definition) is 1.